The van der Waals surface area contributed by atoms with Crippen LogP contribution < -0.4 is 10.2 Å². The van der Waals surface area contributed by atoms with Crippen LogP contribution in [0.25, 0.3) is 22.0 Å². The van der Waals surface area contributed by atoms with Gasteiger partial charge in [-0.2, -0.15) is 0 Å². The van der Waals surface area contributed by atoms with Gasteiger partial charge in [-0.05, 0) is 71.6 Å². The summed E-state index contributed by atoms with van der Waals surface area (Å²) in [5.74, 6) is 1.42. The van der Waals surface area contributed by atoms with E-state index < -0.39 is 0 Å². The number of phenolic OH excluding ortho intramolecular Hbond substituents is 1. The van der Waals surface area contributed by atoms with Crippen molar-refractivity contribution in [2.45, 2.75) is 77.9 Å². The van der Waals surface area contributed by atoms with E-state index in [1.165, 1.54) is 11.3 Å². The van der Waals surface area contributed by atoms with Crippen molar-refractivity contribution in [3.63, 3.8) is 0 Å². The largest absolute Gasteiger partial charge is 0.507 e. The minimum atomic E-state index is 0.0515. The van der Waals surface area contributed by atoms with Gasteiger partial charge in [0, 0.05) is 29.7 Å². The van der Waals surface area contributed by atoms with Crippen molar-refractivity contribution in [3.05, 3.63) is 29.7 Å². The van der Waals surface area contributed by atoms with Gasteiger partial charge in [0.15, 0.2) is 5.01 Å². The van der Waals surface area contributed by atoms with Gasteiger partial charge in [0.25, 0.3) is 0 Å². The second-order valence-electron chi connectivity index (χ2n) is 10.1. The molecular weight excluding hydrogens is 422 g/mol. The van der Waals surface area contributed by atoms with Crippen LogP contribution in [0.15, 0.2) is 22.7 Å². The second kappa shape index (κ2) is 8.15. The zero-order chi connectivity index (χ0) is 23.3. The maximum absolute atomic E-state index is 10.9. The number of aromatic hydroxyl groups is 1. The van der Waals surface area contributed by atoms with E-state index >= 15 is 0 Å². The van der Waals surface area contributed by atoms with E-state index in [4.69, 9.17) is 4.42 Å². The van der Waals surface area contributed by atoms with Gasteiger partial charge in [0.1, 0.15) is 11.5 Å². The zero-order valence-corrected chi connectivity index (χ0v) is 20.8. The Hall–Kier alpha value is -2.45. The molecular formula is C24H33N5O2S. The number of aryl methyl sites for hydroxylation is 2. The molecule has 0 atom stereocenters. The van der Waals surface area contributed by atoms with Gasteiger partial charge in [-0.15, -0.1) is 10.2 Å². The summed E-state index contributed by atoms with van der Waals surface area (Å²) < 4.78 is 5.65. The molecule has 32 heavy (non-hydrogen) atoms. The van der Waals surface area contributed by atoms with E-state index in [2.05, 4.69) is 67.1 Å². The number of piperidine rings is 1. The van der Waals surface area contributed by atoms with Gasteiger partial charge >= 0.3 is 0 Å². The van der Waals surface area contributed by atoms with Crippen LogP contribution in [-0.4, -0.2) is 44.5 Å². The molecule has 0 aliphatic carbocycles. The molecule has 1 aliphatic rings. The smallest absolute Gasteiger partial charge is 0.226 e. The van der Waals surface area contributed by atoms with E-state index in [-0.39, 0.29) is 16.8 Å². The molecule has 4 rings (SSSR count). The van der Waals surface area contributed by atoms with E-state index in [0.29, 0.717) is 11.9 Å². The molecule has 3 aromatic rings. The lowest BCUT2D eigenvalue weighted by atomic mass is 9.79. The Balaban J connectivity index is 1.64. The van der Waals surface area contributed by atoms with Crippen molar-refractivity contribution < 1.29 is 9.52 Å². The molecule has 0 unspecified atom stereocenters. The van der Waals surface area contributed by atoms with Crippen LogP contribution in [0.2, 0.25) is 0 Å². The first-order chi connectivity index (χ1) is 15.0. The first-order valence-corrected chi connectivity index (χ1v) is 11.9. The molecule has 2 N–H and O–H groups in total. The van der Waals surface area contributed by atoms with Crippen LogP contribution in [0.5, 0.6) is 5.75 Å². The molecule has 0 bridgehead atoms. The molecule has 0 spiro atoms. The number of nitrogens with zero attached hydrogens (tertiary/aromatic N) is 4. The van der Waals surface area contributed by atoms with Crippen LogP contribution in [0.4, 0.5) is 5.13 Å². The number of nitrogens with one attached hydrogen (secondary N) is 1. The lowest BCUT2D eigenvalue weighted by molar-refractivity contribution is 0.161. The van der Waals surface area contributed by atoms with Gasteiger partial charge < -0.3 is 19.7 Å². The standard InChI is InChI=1S/C24H33N5O2S/c1-8-15-9-16(20-25-13-14(2)31-20)10-18(30)19(15)21-26-27-22(32-21)29(7)17-11-23(3,4)28-24(5,6)12-17/h9-10,13,17,28,30H,8,11-12H2,1-7H3. The molecule has 7 nitrogen and oxygen atoms in total. The minimum absolute atomic E-state index is 0.0515. The van der Waals surface area contributed by atoms with E-state index in [0.717, 1.165) is 51.9 Å². The summed E-state index contributed by atoms with van der Waals surface area (Å²) in [6, 6.07) is 4.07. The summed E-state index contributed by atoms with van der Waals surface area (Å²) >= 11 is 1.52. The first kappa shape index (κ1) is 22.7. The summed E-state index contributed by atoms with van der Waals surface area (Å²) in [7, 11) is 2.10. The van der Waals surface area contributed by atoms with Crippen LogP contribution >= 0.6 is 11.3 Å². The van der Waals surface area contributed by atoms with Crippen LogP contribution in [0, 0.1) is 6.92 Å². The fourth-order valence-corrected chi connectivity index (χ4v) is 5.95. The Labute approximate surface area is 193 Å². The normalized spacial score (nSPS) is 18.1. The van der Waals surface area contributed by atoms with Crippen LogP contribution in [-0.2, 0) is 6.42 Å². The number of hydrogen-bond donors (Lipinski definition) is 2. The number of aromatic nitrogens is 3. The van der Waals surface area contributed by atoms with Crippen molar-refractivity contribution in [3.8, 4) is 27.8 Å². The number of hydrogen-bond acceptors (Lipinski definition) is 8. The van der Waals surface area contributed by atoms with Gasteiger partial charge in [-0.1, -0.05) is 18.3 Å². The molecule has 0 radical (unpaired) electrons. The average molecular weight is 456 g/mol. The van der Waals surface area contributed by atoms with E-state index in [9.17, 15) is 5.11 Å². The predicted molar refractivity (Wildman–Crippen MR) is 129 cm³/mol. The average Bonchev–Trinajstić information content (AvgIpc) is 3.33. The highest BCUT2D eigenvalue weighted by molar-refractivity contribution is 7.18. The molecule has 2 aromatic heterocycles. The second-order valence-corrected chi connectivity index (χ2v) is 11.1. The Kier molecular flexibility index (Phi) is 5.79. The van der Waals surface area contributed by atoms with Gasteiger partial charge in [-0.25, -0.2) is 4.98 Å². The maximum Gasteiger partial charge on any atom is 0.226 e. The van der Waals surface area contributed by atoms with E-state index in [1.807, 2.05) is 13.0 Å². The topological polar surface area (TPSA) is 87.3 Å². The van der Waals surface area contributed by atoms with Gasteiger partial charge in [0.2, 0.25) is 11.0 Å². The predicted octanol–water partition coefficient (Wildman–Crippen LogP) is 5.18. The Bertz CT molecular complexity index is 1100. The molecule has 1 aromatic carbocycles. The summed E-state index contributed by atoms with van der Waals surface area (Å²) in [5.41, 5.74) is 2.59. The number of anilines is 1. The number of rotatable bonds is 5. The molecule has 1 aliphatic heterocycles. The Morgan fingerprint density at radius 1 is 1.19 bits per heavy atom. The van der Waals surface area contributed by atoms with Crippen molar-refractivity contribution in [1.82, 2.24) is 20.5 Å². The lowest BCUT2D eigenvalue weighted by Gasteiger charge is -2.48. The van der Waals surface area contributed by atoms with Crippen LogP contribution in [0.1, 0.15) is 58.8 Å². The molecule has 0 saturated carbocycles. The van der Waals surface area contributed by atoms with Crippen molar-refractivity contribution >= 4 is 16.5 Å². The minimum Gasteiger partial charge on any atom is -0.507 e. The van der Waals surface area contributed by atoms with Crippen molar-refractivity contribution in [2.75, 3.05) is 11.9 Å². The summed E-state index contributed by atoms with van der Waals surface area (Å²) in [5, 5.41) is 25.2. The highest BCUT2D eigenvalue weighted by atomic mass is 32.1. The summed E-state index contributed by atoms with van der Waals surface area (Å²) in [6.07, 6.45) is 4.48. The molecule has 8 heteroatoms. The number of phenols is 1. The lowest BCUT2D eigenvalue weighted by Crippen LogP contribution is -2.61. The Morgan fingerprint density at radius 2 is 1.88 bits per heavy atom. The molecule has 3 heterocycles. The fraction of sp³-hybridized carbons (Fsp3) is 0.542. The van der Waals surface area contributed by atoms with Crippen molar-refractivity contribution in [2.24, 2.45) is 0 Å². The zero-order valence-electron chi connectivity index (χ0n) is 20.0. The third-order valence-corrected chi connectivity index (χ3v) is 7.13. The highest BCUT2D eigenvalue weighted by Crippen LogP contribution is 2.41. The SMILES string of the molecule is CCc1cc(-c2ncc(C)o2)cc(O)c1-c1nnc(N(C)C2CC(C)(C)NC(C)(C)C2)s1. The third kappa shape index (κ3) is 4.52. The number of oxazole rings is 1. The van der Waals surface area contributed by atoms with E-state index in [1.54, 1.807) is 12.3 Å². The molecule has 1 fully saturated rings. The van der Waals surface area contributed by atoms with Crippen LogP contribution in [0.3, 0.4) is 0 Å². The fourth-order valence-electron chi connectivity index (χ4n) is 4.98. The van der Waals surface area contributed by atoms with Gasteiger partial charge in [-0.3, -0.25) is 0 Å². The molecule has 0 amide bonds. The Morgan fingerprint density at radius 3 is 2.47 bits per heavy atom. The highest BCUT2D eigenvalue weighted by Gasteiger charge is 2.39. The van der Waals surface area contributed by atoms with Crippen molar-refractivity contribution in [1.29, 1.82) is 0 Å². The third-order valence-electron chi connectivity index (χ3n) is 6.09. The summed E-state index contributed by atoms with van der Waals surface area (Å²) in [4.78, 5) is 6.54. The van der Waals surface area contributed by atoms with Gasteiger partial charge in [0.05, 0.1) is 11.8 Å². The number of benzene rings is 1. The quantitative estimate of drug-likeness (QED) is 0.548. The molecule has 1 saturated heterocycles. The summed E-state index contributed by atoms with van der Waals surface area (Å²) in [6.45, 7) is 12.9. The first-order valence-electron chi connectivity index (χ1n) is 11.1. The maximum atomic E-state index is 10.9. The molecule has 172 valence electrons. The monoisotopic (exact) mass is 455 g/mol.